The second-order valence-electron chi connectivity index (χ2n) is 5.33. The van der Waals surface area contributed by atoms with E-state index in [4.69, 9.17) is 14.2 Å². The predicted molar refractivity (Wildman–Crippen MR) is 80.3 cm³/mol. The van der Waals surface area contributed by atoms with Gasteiger partial charge in [-0.2, -0.15) is 0 Å². The first-order valence-electron chi connectivity index (χ1n) is 7.13. The van der Waals surface area contributed by atoms with Crippen LogP contribution in [0.15, 0.2) is 30.0 Å². The number of esters is 3. The first kappa shape index (κ1) is 17.5. The van der Waals surface area contributed by atoms with Crippen molar-refractivity contribution in [2.45, 2.75) is 26.6 Å². The molecule has 1 N–H and O–H groups in total. The standard InChI is InChI=1S/C16H16FNO6/c1-4-22-13(19)9-5-10(17)7-11(6-9)18-8-12-14(20)23-16(2,3)24-15(12)21/h5-8,18H,4H2,1-3H3. The number of ether oxygens (including phenoxy) is 3. The molecular weight excluding hydrogens is 321 g/mol. The molecular formula is C16H16FNO6. The van der Waals surface area contributed by atoms with Gasteiger partial charge in [-0.25, -0.2) is 18.8 Å². The summed E-state index contributed by atoms with van der Waals surface area (Å²) in [6.07, 6.45) is 1.03. The first-order chi connectivity index (χ1) is 11.2. The normalized spacial score (nSPS) is 16.1. The van der Waals surface area contributed by atoms with Crippen LogP contribution in [0.1, 0.15) is 31.1 Å². The van der Waals surface area contributed by atoms with E-state index in [9.17, 15) is 18.8 Å². The van der Waals surface area contributed by atoms with Crippen LogP contribution in [0.25, 0.3) is 0 Å². The molecule has 1 aromatic rings. The highest BCUT2D eigenvalue weighted by atomic mass is 19.1. The fourth-order valence-electron chi connectivity index (χ4n) is 1.94. The molecule has 24 heavy (non-hydrogen) atoms. The molecule has 0 spiro atoms. The van der Waals surface area contributed by atoms with Crippen molar-refractivity contribution in [3.63, 3.8) is 0 Å². The number of anilines is 1. The van der Waals surface area contributed by atoms with E-state index in [-0.39, 0.29) is 23.4 Å². The average Bonchev–Trinajstić information content (AvgIpc) is 2.44. The summed E-state index contributed by atoms with van der Waals surface area (Å²) in [4.78, 5) is 35.2. The zero-order valence-electron chi connectivity index (χ0n) is 13.3. The van der Waals surface area contributed by atoms with Crippen molar-refractivity contribution in [3.8, 4) is 0 Å². The van der Waals surface area contributed by atoms with Crippen LogP contribution in [0.2, 0.25) is 0 Å². The number of nitrogens with one attached hydrogen (secondary N) is 1. The van der Waals surface area contributed by atoms with Crippen LogP contribution >= 0.6 is 0 Å². The number of cyclic esters (lactones) is 2. The SMILES string of the molecule is CCOC(=O)c1cc(F)cc(NC=C2C(=O)OC(C)(C)OC2=O)c1. The van der Waals surface area contributed by atoms with Crippen molar-refractivity contribution in [1.29, 1.82) is 0 Å². The largest absolute Gasteiger partial charge is 0.462 e. The summed E-state index contributed by atoms with van der Waals surface area (Å²) in [5.74, 6) is -4.46. The molecule has 0 aromatic heterocycles. The molecule has 0 atom stereocenters. The number of halogens is 1. The van der Waals surface area contributed by atoms with Gasteiger partial charge in [0, 0.05) is 25.7 Å². The van der Waals surface area contributed by atoms with Crippen LogP contribution in [-0.4, -0.2) is 30.3 Å². The van der Waals surface area contributed by atoms with Gasteiger partial charge in [0.25, 0.3) is 5.79 Å². The molecule has 1 heterocycles. The quantitative estimate of drug-likeness (QED) is 0.511. The lowest BCUT2D eigenvalue weighted by Crippen LogP contribution is -2.42. The third-order valence-corrected chi connectivity index (χ3v) is 2.91. The second kappa shape index (κ2) is 6.69. The number of carbonyl (C=O) groups is 3. The minimum absolute atomic E-state index is 0.00678. The van der Waals surface area contributed by atoms with Crippen molar-refractivity contribution >= 4 is 23.6 Å². The highest BCUT2D eigenvalue weighted by molar-refractivity contribution is 6.15. The lowest BCUT2D eigenvalue weighted by atomic mass is 10.2. The van der Waals surface area contributed by atoms with Crippen molar-refractivity contribution in [3.05, 3.63) is 41.4 Å². The predicted octanol–water partition coefficient (Wildman–Crippen LogP) is 2.13. The van der Waals surface area contributed by atoms with E-state index in [0.29, 0.717) is 0 Å². The highest BCUT2D eigenvalue weighted by Crippen LogP contribution is 2.23. The van der Waals surface area contributed by atoms with Gasteiger partial charge >= 0.3 is 17.9 Å². The van der Waals surface area contributed by atoms with E-state index < -0.39 is 29.5 Å². The van der Waals surface area contributed by atoms with E-state index in [1.54, 1.807) is 6.92 Å². The van der Waals surface area contributed by atoms with E-state index in [2.05, 4.69) is 5.32 Å². The van der Waals surface area contributed by atoms with Crippen LogP contribution in [0.5, 0.6) is 0 Å². The summed E-state index contributed by atoms with van der Waals surface area (Å²) in [6, 6.07) is 3.42. The Morgan fingerprint density at radius 3 is 2.46 bits per heavy atom. The van der Waals surface area contributed by atoms with Crippen molar-refractivity contribution in [2.24, 2.45) is 0 Å². The third-order valence-electron chi connectivity index (χ3n) is 2.91. The summed E-state index contributed by atoms with van der Waals surface area (Å²) in [7, 11) is 0. The maximum Gasteiger partial charge on any atom is 0.350 e. The van der Waals surface area contributed by atoms with Crippen LogP contribution < -0.4 is 5.32 Å². The van der Waals surface area contributed by atoms with Gasteiger partial charge in [-0.3, -0.25) is 0 Å². The summed E-state index contributed by atoms with van der Waals surface area (Å²) in [5, 5.41) is 2.57. The topological polar surface area (TPSA) is 90.9 Å². The number of carbonyl (C=O) groups excluding carboxylic acids is 3. The zero-order chi connectivity index (χ0) is 17.9. The van der Waals surface area contributed by atoms with Gasteiger partial charge in [0.1, 0.15) is 5.82 Å². The van der Waals surface area contributed by atoms with Crippen LogP contribution in [0, 0.1) is 5.82 Å². The number of hydrogen-bond donors (Lipinski definition) is 1. The minimum Gasteiger partial charge on any atom is -0.462 e. The lowest BCUT2D eigenvalue weighted by molar-refractivity contribution is -0.222. The Morgan fingerprint density at radius 1 is 1.25 bits per heavy atom. The first-order valence-corrected chi connectivity index (χ1v) is 7.13. The minimum atomic E-state index is -1.35. The van der Waals surface area contributed by atoms with Gasteiger partial charge in [-0.15, -0.1) is 0 Å². The maximum absolute atomic E-state index is 13.6. The Morgan fingerprint density at radius 2 is 1.88 bits per heavy atom. The van der Waals surface area contributed by atoms with Gasteiger partial charge in [0.05, 0.1) is 12.2 Å². The Hall–Kier alpha value is -2.90. The molecule has 1 aliphatic heterocycles. The molecule has 8 heteroatoms. The molecule has 128 valence electrons. The maximum atomic E-state index is 13.6. The molecule has 1 aromatic carbocycles. The third kappa shape index (κ3) is 4.09. The summed E-state index contributed by atoms with van der Waals surface area (Å²) >= 11 is 0. The fraction of sp³-hybridized carbons (Fsp3) is 0.312. The summed E-state index contributed by atoms with van der Waals surface area (Å²) < 4.78 is 28.2. The Balaban J connectivity index is 2.21. The summed E-state index contributed by atoms with van der Waals surface area (Å²) in [6.45, 7) is 4.62. The van der Waals surface area contributed by atoms with E-state index in [1.165, 1.54) is 19.9 Å². The Labute approximate surface area is 137 Å². The van der Waals surface area contributed by atoms with Crippen molar-refractivity contribution < 1.29 is 33.0 Å². The molecule has 1 saturated heterocycles. The monoisotopic (exact) mass is 337 g/mol. The average molecular weight is 337 g/mol. The lowest BCUT2D eigenvalue weighted by Gasteiger charge is -2.29. The number of rotatable bonds is 4. The van der Waals surface area contributed by atoms with Gasteiger partial charge in [0.2, 0.25) is 0 Å². The van der Waals surface area contributed by atoms with E-state index in [1.807, 2.05) is 0 Å². The van der Waals surface area contributed by atoms with Crippen LogP contribution in [0.4, 0.5) is 10.1 Å². The van der Waals surface area contributed by atoms with E-state index in [0.717, 1.165) is 18.3 Å². The van der Waals surface area contributed by atoms with Crippen LogP contribution in [-0.2, 0) is 23.8 Å². The van der Waals surface area contributed by atoms with E-state index >= 15 is 0 Å². The molecule has 0 saturated carbocycles. The number of hydrogen-bond acceptors (Lipinski definition) is 7. The van der Waals surface area contributed by atoms with Crippen molar-refractivity contribution in [2.75, 3.05) is 11.9 Å². The fourth-order valence-corrected chi connectivity index (χ4v) is 1.94. The van der Waals surface area contributed by atoms with Crippen LogP contribution in [0.3, 0.4) is 0 Å². The molecule has 2 rings (SSSR count). The summed E-state index contributed by atoms with van der Waals surface area (Å²) in [5.41, 5.74) is -0.236. The molecule has 0 unspecified atom stereocenters. The Kier molecular flexibility index (Phi) is 4.87. The van der Waals surface area contributed by atoms with Gasteiger partial charge in [-0.05, 0) is 25.1 Å². The molecule has 0 aliphatic carbocycles. The van der Waals surface area contributed by atoms with Gasteiger partial charge in [0.15, 0.2) is 5.57 Å². The zero-order valence-corrected chi connectivity index (χ0v) is 13.3. The molecule has 0 bridgehead atoms. The molecule has 0 amide bonds. The smallest absolute Gasteiger partial charge is 0.350 e. The number of benzene rings is 1. The molecule has 1 aliphatic rings. The second-order valence-corrected chi connectivity index (χ2v) is 5.33. The van der Waals surface area contributed by atoms with Gasteiger partial charge < -0.3 is 19.5 Å². The highest BCUT2D eigenvalue weighted by Gasteiger charge is 2.38. The molecule has 1 fully saturated rings. The molecule has 0 radical (unpaired) electrons. The van der Waals surface area contributed by atoms with Crippen molar-refractivity contribution in [1.82, 2.24) is 0 Å². The Bertz CT molecular complexity index is 703. The van der Waals surface area contributed by atoms with Gasteiger partial charge in [-0.1, -0.05) is 0 Å². The molecule has 7 nitrogen and oxygen atoms in total.